The fourth-order valence-corrected chi connectivity index (χ4v) is 9.95. The molecule has 15 nitrogen and oxygen atoms in total. The Morgan fingerprint density at radius 2 is 0.854 bits per heavy atom. The van der Waals surface area contributed by atoms with E-state index in [1.54, 1.807) is 144 Å². The first kappa shape index (κ1) is 87.3. The van der Waals surface area contributed by atoms with Crippen LogP contribution in [0, 0.1) is 6.92 Å². The van der Waals surface area contributed by atoms with Crippen LogP contribution in [0.25, 0.3) is 43.6 Å². The number of aromatic amines is 3. The number of halogens is 7. The van der Waals surface area contributed by atoms with Crippen molar-refractivity contribution in [1.82, 2.24) is 19.5 Å². The number of nitrogens with one attached hydrogen (secondary N) is 3. The van der Waals surface area contributed by atoms with Gasteiger partial charge in [0.25, 0.3) is 11.1 Å². The third-order valence-electron chi connectivity index (χ3n) is 14.8. The van der Waals surface area contributed by atoms with Crippen molar-refractivity contribution in [2.24, 2.45) is 0 Å². The van der Waals surface area contributed by atoms with Crippen LogP contribution in [0.4, 0.5) is 0 Å². The molecule has 9 aromatic carbocycles. The molecule has 103 heavy (non-hydrogen) atoms. The van der Waals surface area contributed by atoms with Gasteiger partial charge in [0.15, 0.2) is 23.1 Å². The van der Waals surface area contributed by atoms with Gasteiger partial charge in [-0.25, -0.2) is 0 Å². The number of hydrogen-bond donors (Lipinski definition) is 4. The van der Waals surface area contributed by atoms with Crippen LogP contribution < -0.4 is 31.2 Å². The van der Waals surface area contributed by atoms with Gasteiger partial charge in [0.2, 0.25) is 0 Å². The first-order chi connectivity index (χ1) is 48.9. The Bertz CT molecular complexity index is 4600. The Balaban J connectivity index is 0.000000269. The van der Waals surface area contributed by atoms with E-state index in [-0.39, 0.29) is 83.3 Å². The largest absolute Gasteiger partial charge is 2.00 e. The molecule has 528 valence electrons. The number of methoxy groups -OCH3 is 3. The van der Waals surface area contributed by atoms with Crippen molar-refractivity contribution in [3.05, 3.63) is 306 Å². The summed E-state index contributed by atoms with van der Waals surface area (Å²) in [5, 5.41) is 12.8. The van der Waals surface area contributed by atoms with E-state index in [0.29, 0.717) is 67.1 Å². The number of phenols is 1. The van der Waals surface area contributed by atoms with E-state index >= 15 is 0 Å². The average Bonchev–Trinajstić information content (AvgIpc) is 1.62. The third kappa shape index (κ3) is 26.6. The number of Topliss-reactive ketones (excluding diaryl/α,β-unsaturated/α-hetero) is 1. The van der Waals surface area contributed by atoms with Crippen LogP contribution in [-0.2, 0) is 4.74 Å². The maximum absolute atomic E-state index is 13.1. The molecular weight excluding hydrogens is 1640 g/mol. The zero-order valence-electron chi connectivity index (χ0n) is 56.8. The monoisotopic (exact) mass is 1710 g/mol. The first-order valence-electron chi connectivity index (χ1n) is 31.2. The van der Waals surface area contributed by atoms with Crippen LogP contribution in [0.15, 0.2) is 249 Å². The molecule has 1 aliphatic rings. The number of benzene rings is 9. The van der Waals surface area contributed by atoms with E-state index in [0.717, 1.165) is 46.2 Å². The fourth-order valence-electron chi connectivity index (χ4n) is 9.83. The van der Waals surface area contributed by atoms with Gasteiger partial charge in [-0.1, -0.05) is 84.9 Å². The maximum Gasteiger partial charge on any atom is 2.00 e. The molecule has 24 heteroatoms. The number of alkyl halides is 2. The van der Waals surface area contributed by atoms with Gasteiger partial charge in [0, 0.05) is 121 Å². The minimum absolute atomic E-state index is 0. The molecule has 0 spiro atoms. The van der Waals surface area contributed by atoms with Crippen LogP contribution in [0.3, 0.4) is 0 Å². The van der Waals surface area contributed by atoms with Crippen molar-refractivity contribution in [2.75, 3.05) is 39.9 Å². The van der Waals surface area contributed by atoms with E-state index in [1.165, 1.54) is 59.5 Å². The minimum atomic E-state index is -0.509. The number of carbonyl (C=O) groups excluding carboxylic acids is 6. The number of phenolic OH excluding ortho intramolecular Hbond substituents is 1. The van der Waals surface area contributed by atoms with E-state index in [2.05, 4.69) is 87.3 Å². The second-order valence-electron chi connectivity index (χ2n) is 21.1. The second-order valence-corrected chi connectivity index (χ2v) is 28.7. The van der Waals surface area contributed by atoms with Crippen LogP contribution in [0.5, 0.6) is 23.0 Å². The summed E-state index contributed by atoms with van der Waals surface area (Å²) >= 11 is 24.1. The number of ketones is 4. The molecule has 0 saturated carbocycles. The number of carbonyl (C=O) groups is 6. The second kappa shape index (κ2) is 46.6. The van der Waals surface area contributed by atoms with Gasteiger partial charge in [-0.2, -0.15) is 6.92 Å². The fraction of sp³-hybridized carbons (Fsp3) is 0.127. The smallest absolute Gasteiger partial charge is 1.00 e. The summed E-state index contributed by atoms with van der Waals surface area (Å²) in [6, 6.07) is 66.6. The number of aromatic nitrogens is 4. The quantitative estimate of drug-likeness (QED) is 0.0297. The topological polar surface area (TPSA) is 212 Å². The number of H-pyrrole nitrogens is 3. The van der Waals surface area contributed by atoms with E-state index in [4.69, 9.17) is 53.8 Å². The number of fused-ring (bicyclic) bond motifs is 4. The molecule has 14 rings (SSSR count). The van der Waals surface area contributed by atoms with Crippen LogP contribution >= 0.6 is 82.1 Å². The zero-order chi connectivity index (χ0) is 73.2. The van der Waals surface area contributed by atoms with Crippen molar-refractivity contribution in [1.29, 1.82) is 0 Å². The summed E-state index contributed by atoms with van der Waals surface area (Å²) in [7, 11) is 4.76. The summed E-state index contributed by atoms with van der Waals surface area (Å²) in [5.41, 5.74) is 8.88. The first-order valence-corrected chi connectivity index (χ1v) is 35.4. The normalized spacial score (nSPS) is 10.5. The van der Waals surface area contributed by atoms with Crippen LogP contribution in [-0.4, -0.2) is 125 Å². The summed E-state index contributed by atoms with van der Waals surface area (Å²) in [6.07, 6.45) is 9.60. The van der Waals surface area contributed by atoms with Gasteiger partial charge in [-0.15, -0.1) is 70.5 Å². The molecule has 4 aromatic heterocycles. The molecule has 4 N–H and O–H groups in total. The molecule has 1 saturated heterocycles. The number of aromatic hydroxyl groups is 1. The van der Waals surface area contributed by atoms with Crippen molar-refractivity contribution in [3.63, 3.8) is 0 Å². The number of rotatable bonds is 12. The third-order valence-corrected chi connectivity index (χ3v) is 15.0. The molecule has 5 heterocycles. The Kier molecular flexibility index (Phi) is 39.5. The molecule has 0 unspecified atom stereocenters. The standard InChI is InChI=1S/C24H19NO4.C16H13NO2.C15H11NO2.C9H7ClO2.C8H7N.C4H8O.C2H5.CH2Cl2.BBr3.BrH.Mg/c1-28-18-11-7-16(8-12-18)23(26)21-15-25(22-6-4-3-5-20(21)22)24(27)17-9-13-19(29-2)14-10-17;1-19-12-8-6-11(7-9-12)16(18)14-10-17-15-5-3-2-4-13(14)15;17-11-7-5-10(6-8-11)15(18)13-9-16-14-4-2-1-3-12(13)14;1-6(11)7-2-4-8(5-3-7)9(10)12;1-2-4-8-7(3-1)5-6-9-8;1-2-4-5-3-1;1-2;2-1-3;2-1(3)4;;/h3-15H,1-2H3;2-10,17H,1H3;1-9,16-17H;2-5H,1H3;1-6,9H;1-4H2;1H2,2H3;1H2;;1H;/q;;;;;;-1;;;;+2/p-1. The van der Waals surface area contributed by atoms with Crippen LogP contribution in [0.1, 0.15) is 106 Å². The average molecular weight is 1710 g/mol. The van der Waals surface area contributed by atoms with E-state index in [1.807, 2.05) is 91.1 Å². The summed E-state index contributed by atoms with van der Waals surface area (Å²) in [4.78, 5) is 81.8. The van der Waals surface area contributed by atoms with Gasteiger partial charge in [-0.05, 0) is 176 Å². The molecule has 1 aliphatic heterocycles. The minimum Gasteiger partial charge on any atom is -1.00 e. The van der Waals surface area contributed by atoms with Gasteiger partial charge < -0.3 is 62.9 Å². The maximum atomic E-state index is 13.1. The Labute approximate surface area is 665 Å². The predicted molar refractivity (Wildman–Crippen MR) is 427 cm³/mol. The molecule has 0 atom stereocenters. The van der Waals surface area contributed by atoms with Gasteiger partial charge in [0.05, 0.1) is 32.2 Å². The Hall–Kier alpha value is -8.06. The zero-order valence-corrected chi connectivity index (χ0v) is 66.8. The molecule has 13 aromatic rings. The molecule has 0 amide bonds. The van der Waals surface area contributed by atoms with Crippen molar-refractivity contribution < 1.29 is 69.8 Å². The molecular formula is C79H72BBr4Cl3MgN4O11. The Morgan fingerprint density at radius 3 is 1.25 bits per heavy atom. The Morgan fingerprint density at radius 1 is 0.495 bits per heavy atom. The van der Waals surface area contributed by atoms with Crippen molar-refractivity contribution >= 4 is 186 Å². The molecule has 0 aliphatic carbocycles. The summed E-state index contributed by atoms with van der Waals surface area (Å²) < 4.78 is 22.1. The predicted octanol–water partition coefficient (Wildman–Crippen LogP) is 17.4. The molecule has 1 fully saturated rings. The SMILES string of the molecule is BrB(Br)Br.C1CCOC1.CC(=O)c1ccc(C(=O)Cl)cc1.COc1ccc(C(=O)c2c[nH]c3ccccc23)cc1.COc1ccc(C(=O)c2cn(C(=O)c3ccc(OC)cc3)c3ccccc23)cc1.ClCCl.O=C(c1ccc(O)cc1)c1c[nH]c2ccccc12.[Br-].[CH2-]C.[Mg+2].c1ccc2[nH]ccc2c1. The van der Waals surface area contributed by atoms with Gasteiger partial charge >= 0.3 is 26.2 Å². The number of para-hydroxylation sites is 4. The summed E-state index contributed by atoms with van der Waals surface area (Å²) in [5.74, 6) is 1.84. The number of nitrogens with zero attached hydrogens (tertiary/aromatic N) is 1. The van der Waals surface area contributed by atoms with Gasteiger partial charge in [-0.3, -0.25) is 33.3 Å². The van der Waals surface area contributed by atoms with Crippen LogP contribution in [0.2, 0.25) is 0 Å². The van der Waals surface area contributed by atoms with Crippen molar-refractivity contribution in [2.45, 2.75) is 26.7 Å². The van der Waals surface area contributed by atoms with E-state index < -0.39 is 5.24 Å². The van der Waals surface area contributed by atoms with E-state index in [9.17, 15) is 33.9 Å². The number of hydrogen-bond acceptors (Lipinski definition) is 11. The summed E-state index contributed by atoms with van der Waals surface area (Å²) in [6.45, 7) is 8.47. The molecule has 0 bridgehead atoms. The van der Waals surface area contributed by atoms with Gasteiger partial charge in [0.1, 0.15) is 23.0 Å². The number of ether oxygens (including phenoxy) is 4. The van der Waals surface area contributed by atoms with Crippen molar-refractivity contribution in [3.8, 4) is 23.0 Å². The molecule has 0 radical (unpaired) electrons.